The predicted octanol–water partition coefficient (Wildman–Crippen LogP) is 3.30. The van der Waals surface area contributed by atoms with Crippen LogP contribution in [0.25, 0.3) is 0 Å². The number of anilines is 1. The van der Waals surface area contributed by atoms with Crippen molar-refractivity contribution in [2.24, 2.45) is 21.5 Å². The summed E-state index contributed by atoms with van der Waals surface area (Å²) < 4.78 is 43.4. The summed E-state index contributed by atoms with van der Waals surface area (Å²) in [6, 6.07) is 4.54. The molecule has 0 radical (unpaired) electrons. The normalized spacial score (nSPS) is 20.2. The van der Waals surface area contributed by atoms with Crippen LogP contribution in [0.5, 0.6) is 5.75 Å². The molecule has 1 aliphatic carbocycles. The van der Waals surface area contributed by atoms with E-state index in [1.54, 1.807) is 12.1 Å². The first-order valence-electron chi connectivity index (χ1n) is 7.75. The molecule has 1 aromatic rings. The summed E-state index contributed by atoms with van der Waals surface area (Å²) in [4.78, 5) is 9.94. The molecule has 0 saturated heterocycles. The minimum atomic E-state index is -4.82. The average molecular weight is 467 g/mol. The summed E-state index contributed by atoms with van der Waals surface area (Å²) in [6.45, 7) is 0. The van der Waals surface area contributed by atoms with Crippen molar-refractivity contribution in [3.8, 4) is 5.75 Å². The maximum absolute atomic E-state index is 12.9. The monoisotopic (exact) mass is 467 g/mol. The number of rotatable bonds is 2. The van der Waals surface area contributed by atoms with E-state index < -0.39 is 12.0 Å². The van der Waals surface area contributed by atoms with Gasteiger partial charge in [-0.3, -0.25) is 4.90 Å². The summed E-state index contributed by atoms with van der Waals surface area (Å²) in [5, 5.41) is 0. The second-order valence-corrected chi connectivity index (χ2v) is 7.22. The van der Waals surface area contributed by atoms with Crippen LogP contribution < -0.4 is 21.1 Å². The zero-order chi connectivity index (χ0) is 18.2. The fourth-order valence-corrected chi connectivity index (χ4v) is 3.81. The highest BCUT2D eigenvalue weighted by atomic mass is 127. The van der Waals surface area contributed by atoms with Gasteiger partial charge in [-0.05, 0) is 66.5 Å². The highest BCUT2D eigenvalue weighted by Crippen LogP contribution is 2.44. The molecule has 3 rings (SSSR count). The number of halogens is 4. The lowest BCUT2D eigenvalue weighted by molar-refractivity contribution is -0.274. The first-order chi connectivity index (χ1) is 11.7. The van der Waals surface area contributed by atoms with Crippen molar-refractivity contribution >= 4 is 40.2 Å². The van der Waals surface area contributed by atoms with E-state index in [1.165, 1.54) is 11.0 Å². The molecule has 0 amide bonds. The number of aliphatic imine (C=N–C) groups is 2. The van der Waals surface area contributed by atoms with Crippen LogP contribution in [0.2, 0.25) is 0 Å². The first kappa shape index (κ1) is 18.1. The van der Waals surface area contributed by atoms with E-state index in [-0.39, 0.29) is 23.4 Å². The molecule has 0 bridgehead atoms. The van der Waals surface area contributed by atoms with Gasteiger partial charge >= 0.3 is 6.36 Å². The molecule has 6 nitrogen and oxygen atoms in total. The second-order valence-electron chi connectivity index (χ2n) is 5.98. The van der Waals surface area contributed by atoms with E-state index in [1.807, 2.05) is 22.6 Å². The van der Waals surface area contributed by atoms with Crippen molar-refractivity contribution < 1.29 is 17.9 Å². The van der Waals surface area contributed by atoms with E-state index in [2.05, 4.69) is 14.7 Å². The smallest absolute Gasteiger partial charge is 0.404 e. The minimum absolute atomic E-state index is 0.0163. The Morgan fingerprint density at radius 1 is 1.16 bits per heavy atom. The van der Waals surface area contributed by atoms with E-state index in [4.69, 9.17) is 11.5 Å². The Balaban J connectivity index is 2.11. The molecule has 1 aliphatic heterocycles. The second kappa shape index (κ2) is 6.54. The Morgan fingerprint density at radius 2 is 1.84 bits per heavy atom. The highest BCUT2D eigenvalue weighted by molar-refractivity contribution is 14.1. The highest BCUT2D eigenvalue weighted by Gasteiger charge is 2.44. The summed E-state index contributed by atoms with van der Waals surface area (Å²) in [5.74, 6) is -0.278. The number of alkyl halides is 3. The molecule has 1 spiro atoms. The van der Waals surface area contributed by atoms with Crippen LogP contribution in [0.1, 0.15) is 32.1 Å². The number of hydrogen-bond donors (Lipinski definition) is 2. The number of ether oxygens (including phenoxy) is 1. The van der Waals surface area contributed by atoms with E-state index in [0.717, 1.165) is 19.3 Å². The molecule has 1 aromatic carbocycles. The number of benzene rings is 1. The average Bonchev–Trinajstić information content (AvgIpc) is 2.48. The third kappa shape index (κ3) is 3.77. The van der Waals surface area contributed by atoms with Crippen molar-refractivity contribution in [1.82, 2.24) is 0 Å². The van der Waals surface area contributed by atoms with Crippen LogP contribution in [0.15, 0.2) is 28.2 Å². The Morgan fingerprint density at radius 3 is 2.48 bits per heavy atom. The molecule has 136 valence electrons. The quantitative estimate of drug-likeness (QED) is 0.654. The van der Waals surface area contributed by atoms with Gasteiger partial charge in [-0.1, -0.05) is 6.42 Å². The van der Waals surface area contributed by atoms with Crippen LogP contribution in [-0.4, -0.2) is 23.9 Å². The van der Waals surface area contributed by atoms with E-state index in [9.17, 15) is 13.2 Å². The molecule has 1 heterocycles. The number of nitrogens with two attached hydrogens (primary N) is 2. The lowest BCUT2D eigenvalue weighted by Gasteiger charge is -2.45. The summed E-state index contributed by atoms with van der Waals surface area (Å²) >= 11 is 1.92. The molecular weight excluding hydrogens is 450 g/mol. The molecule has 10 heteroatoms. The summed E-state index contributed by atoms with van der Waals surface area (Å²) in [7, 11) is 0. The zero-order valence-electron chi connectivity index (χ0n) is 13.2. The number of guanidine groups is 2. The topological polar surface area (TPSA) is 89.2 Å². The van der Waals surface area contributed by atoms with Crippen LogP contribution in [0.4, 0.5) is 18.9 Å². The predicted molar refractivity (Wildman–Crippen MR) is 97.4 cm³/mol. The van der Waals surface area contributed by atoms with Gasteiger partial charge in [0.05, 0.1) is 5.69 Å². The van der Waals surface area contributed by atoms with Crippen LogP contribution in [-0.2, 0) is 0 Å². The zero-order valence-corrected chi connectivity index (χ0v) is 15.3. The molecule has 25 heavy (non-hydrogen) atoms. The molecule has 1 saturated carbocycles. The Labute approximate surface area is 156 Å². The third-order valence-electron chi connectivity index (χ3n) is 4.24. The summed E-state index contributed by atoms with van der Waals surface area (Å²) in [5.41, 5.74) is 11.2. The van der Waals surface area contributed by atoms with Gasteiger partial charge in [0.1, 0.15) is 5.66 Å². The van der Waals surface area contributed by atoms with Gasteiger partial charge in [-0.25, -0.2) is 4.99 Å². The van der Waals surface area contributed by atoms with Crippen molar-refractivity contribution in [1.29, 1.82) is 0 Å². The van der Waals surface area contributed by atoms with Crippen molar-refractivity contribution in [3.63, 3.8) is 0 Å². The van der Waals surface area contributed by atoms with Crippen LogP contribution >= 0.6 is 22.6 Å². The van der Waals surface area contributed by atoms with Gasteiger partial charge in [0.2, 0.25) is 11.9 Å². The Hall–Kier alpha value is -1.72. The molecular formula is C15H17F3IN5O. The van der Waals surface area contributed by atoms with Crippen molar-refractivity contribution in [2.75, 3.05) is 4.90 Å². The fraction of sp³-hybridized carbons (Fsp3) is 0.467. The minimum Gasteiger partial charge on any atom is -0.404 e. The molecule has 0 aromatic heterocycles. The van der Waals surface area contributed by atoms with Crippen LogP contribution in [0, 0.1) is 3.57 Å². The lowest BCUT2D eigenvalue weighted by atomic mass is 9.87. The number of nitrogens with zero attached hydrogens (tertiary/aromatic N) is 3. The van der Waals surface area contributed by atoms with Gasteiger partial charge in [0.15, 0.2) is 5.75 Å². The van der Waals surface area contributed by atoms with Gasteiger partial charge in [-0.15, -0.1) is 13.2 Å². The number of hydrogen-bond acceptors (Lipinski definition) is 6. The Bertz CT molecular complexity index is 728. The largest absolute Gasteiger partial charge is 0.573 e. The van der Waals surface area contributed by atoms with Gasteiger partial charge in [-0.2, -0.15) is 4.99 Å². The lowest BCUT2D eigenvalue weighted by Crippen LogP contribution is -2.58. The van der Waals surface area contributed by atoms with Crippen LogP contribution in [0.3, 0.4) is 0 Å². The first-order valence-corrected chi connectivity index (χ1v) is 8.83. The molecule has 1 fully saturated rings. The molecule has 4 N–H and O–H groups in total. The maximum atomic E-state index is 12.9. The van der Waals surface area contributed by atoms with Gasteiger partial charge in [0, 0.05) is 3.57 Å². The standard InChI is InChI=1S/C15H17F3IN5O/c16-15(17,18)25-11-8-9(19)4-5-10(11)24-13(21)22-12(20)23-14(24)6-2-1-3-7-14/h4-5,8H,1-3,6-7H2,(H4,20,21,22,23). The maximum Gasteiger partial charge on any atom is 0.573 e. The molecule has 0 atom stereocenters. The third-order valence-corrected chi connectivity index (χ3v) is 4.91. The molecule has 2 aliphatic rings. The Kier molecular flexibility index (Phi) is 4.73. The fourth-order valence-electron chi connectivity index (χ4n) is 3.35. The van der Waals surface area contributed by atoms with E-state index in [0.29, 0.717) is 16.4 Å². The van der Waals surface area contributed by atoms with Crippen molar-refractivity contribution in [2.45, 2.75) is 44.1 Å². The van der Waals surface area contributed by atoms with Gasteiger partial charge in [0.25, 0.3) is 0 Å². The van der Waals surface area contributed by atoms with Crippen molar-refractivity contribution in [3.05, 3.63) is 21.8 Å². The summed E-state index contributed by atoms with van der Waals surface area (Å²) in [6.07, 6.45) is -0.785. The molecule has 0 unspecified atom stereocenters. The SMILES string of the molecule is NC1=NC2(CCCCC2)N(c2ccc(I)cc2OC(F)(F)F)C(N)=N1. The van der Waals surface area contributed by atoms with E-state index >= 15 is 0 Å². The van der Waals surface area contributed by atoms with Gasteiger partial charge < -0.3 is 16.2 Å².